The van der Waals surface area contributed by atoms with Gasteiger partial charge in [0.1, 0.15) is 6.07 Å². The lowest BCUT2D eigenvalue weighted by Gasteiger charge is -2.24. The Labute approximate surface area is 92.9 Å². The molecule has 0 spiro atoms. The molecule has 0 amide bonds. The summed E-state index contributed by atoms with van der Waals surface area (Å²) in [6.07, 6.45) is 0.764. The molecule has 0 atom stereocenters. The molecule has 5 heteroatoms. The molecular formula is C11H11N3O2. The summed E-state index contributed by atoms with van der Waals surface area (Å²) in [7, 11) is 1.97. The molecular weight excluding hydrogens is 206 g/mol. The van der Waals surface area contributed by atoms with Crippen LogP contribution in [0.5, 0.6) is 0 Å². The molecule has 1 aromatic heterocycles. The molecule has 0 saturated heterocycles. The van der Waals surface area contributed by atoms with E-state index in [2.05, 4.69) is 9.88 Å². The lowest BCUT2D eigenvalue weighted by molar-refractivity contribution is 0.0695. The molecule has 1 N–H and O–H groups in total. The standard InChI is InChI=1S/C11H11N3O2/c1-14-3-2-9-7(6-14)4-8(11(15)16)10(5-12)13-9/h4H,2-3,6H2,1H3,(H,15,16). The molecule has 2 heterocycles. The van der Waals surface area contributed by atoms with E-state index in [4.69, 9.17) is 10.4 Å². The zero-order valence-electron chi connectivity index (χ0n) is 8.90. The highest BCUT2D eigenvalue weighted by Crippen LogP contribution is 2.19. The van der Waals surface area contributed by atoms with Crippen molar-refractivity contribution >= 4 is 5.97 Å². The Bertz CT molecular complexity index is 491. The number of carboxylic acids is 1. The van der Waals surface area contributed by atoms with Gasteiger partial charge in [0.2, 0.25) is 0 Å². The highest BCUT2D eigenvalue weighted by molar-refractivity contribution is 5.90. The van der Waals surface area contributed by atoms with Crippen molar-refractivity contribution in [1.29, 1.82) is 5.26 Å². The number of aromatic nitrogens is 1. The number of fused-ring (bicyclic) bond motifs is 1. The molecule has 1 aliphatic heterocycles. The van der Waals surface area contributed by atoms with Gasteiger partial charge < -0.3 is 10.0 Å². The lowest BCUT2D eigenvalue weighted by Crippen LogP contribution is -2.28. The first-order valence-electron chi connectivity index (χ1n) is 4.96. The SMILES string of the molecule is CN1CCc2nc(C#N)c(C(=O)O)cc2C1. The molecule has 0 aliphatic carbocycles. The minimum Gasteiger partial charge on any atom is -0.478 e. The number of pyridine rings is 1. The second-order valence-corrected chi connectivity index (χ2v) is 3.90. The third-order valence-corrected chi connectivity index (χ3v) is 2.70. The number of carbonyl (C=O) groups is 1. The summed E-state index contributed by atoms with van der Waals surface area (Å²) >= 11 is 0. The zero-order chi connectivity index (χ0) is 11.7. The molecule has 2 rings (SSSR count). The Morgan fingerprint density at radius 2 is 2.44 bits per heavy atom. The van der Waals surface area contributed by atoms with Crippen molar-refractivity contribution in [3.05, 3.63) is 28.6 Å². The Morgan fingerprint density at radius 1 is 1.69 bits per heavy atom. The molecule has 0 aromatic carbocycles. The minimum atomic E-state index is -1.10. The van der Waals surface area contributed by atoms with Gasteiger partial charge in [-0.2, -0.15) is 5.26 Å². The molecule has 16 heavy (non-hydrogen) atoms. The highest BCUT2D eigenvalue weighted by Gasteiger charge is 2.20. The van der Waals surface area contributed by atoms with Gasteiger partial charge in [-0.05, 0) is 18.7 Å². The number of hydrogen-bond donors (Lipinski definition) is 1. The van der Waals surface area contributed by atoms with E-state index in [0.29, 0.717) is 6.54 Å². The third-order valence-electron chi connectivity index (χ3n) is 2.70. The summed E-state index contributed by atoms with van der Waals surface area (Å²) in [4.78, 5) is 17.2. The Balaban J connectivity index is 2.54. The number of likely N-dealkylation sites (N-methyl/N-ethyl adjacent to an activating group) is 1. The Hall–Kier alpha value is -1.93. The number of aromatic carboxylic acids is 1. The molecule has 0 fully saturated rings. The van der Waals surface area contributed by atoms with Gasteiger partial charge in [0, 0.05) is 25.2 Å². The highest BCUT2D eigenvalue weighted by atomic mass is 16.4. The van der Waals surface area contributed by atoms with Gasteiger partial charge in [-0.25, -0.2) is 9.78 Å². The van der Waals surface area contributed by atoms with Crippen LogP contribution in [-0.4, -0.2) is 34.6 Å². The van der Waals surface area contributed by atoms with E-state index in [0.717, 1.165) is 24.2 Å². The summed E-state index contributed by atoms with van der Waals surface area (Å²) in [6.45, 7) is 1.58. The summed E-state index contributed by atoms with van der Waals surface area (Å²) in [5, 5.41) is 17.8. The van der Waals surface area contributed by atoms with Gasteiger partial charge in [0.15, 0.2) is 5.69 Å². The topological polar surface area (TPSA) is 77.2 Å². The summed E-state index contributed by atoms with van der Waals surface area (Å²) in [6, 6.07) is 3.40. The van der Waals surface area contributed by atoms with Gasteiger partial charge in [-0.3, -0.25) is 0 Å². The molecule has 5 nitrogen and oxygen atoms in total. The molecule has 0 radical (unpaired) electrons. The minimum absolute atomic E-state index is 0.00319. The van der Waals surface area contributed by atoms with E-state index in [1.165, 1.54) is 0 Å². The number of nitrogens with zero attached hydrogens (tertiary/aromatic N) is 3. The van der Waals surface area contributed by atoms with Crippen LogP contribution in [0.1, 0.15) is 27.3 Å². The smallest absolute Gasteiger partial charge is 0.338 e. The van der Waals surface area contributed by atoms with Crippen LogP contribution in [0.2, 0.25) is 0 Å². The summed E-state index contributed by atoms with van der Waals surface area (Å²) < 4.78 is 0. The number of carboxylic acid groups (broad SMARTS) is 1. The van der Waals surface area contributed by atoms with Crippen LogP contribution in [0, 0.1) is 11.3 Å². The summed E-state index contributed by atoms with van der Waals surface area (Å²) in [5.41, 5.74) is 1.76. The third kappa shape index (κ3) is 1.75. The molecule has 0 saturated carbocycles. The van der Waals surface area contributed by atoms with Crippen molar-refractivity contribution in [3.8, 4) is 6.07 Å². The number of nitriles is 1. The van der Waals surface area contributed by atoms with Crippen LogP contribution < -0.4 is 0 Å². The monoisotopic (exact) mass is 217 g/mol. The zero-order valence-corrected chi connectivity index (χ0v) is 8.90. The summed E-state index contributed by atoms with van der Waals surface area (Å²) in [5.74, 6) is -1.10. The second kappa shape index (κ2) is 3.91. The fourth-order valence-electron chi connectivity index (χ4n) is 1.86. The molecule has 1 aromatic rings. The fraction of sp³-hybridized carbons (Fsp3) is 0.364. The maximum atomic E-state index is 10.9. The van der Waals surface area contributed by atoms with E-state index in [1.807, 2.05) is 13.1 Å². The van der Waals surface area contributed by atoms with Crippen LogP contribution in [0.15, 0.2) is 6.07 Å². The lowest BCUT2D eigenvalue weighted by atomic mass is 10.0. The molecule has 82 valence electrons. The predicted octanol–water partition coefficient (Wildman–Crippen LogP) is 0.639. The van der Waals surface area contributed by atoms with E-state index in [-0.39, 0.29) is 11.3 Å². The first-order chi connectivity index (χ1) is 7.61. The normalized spacial score (nSPS) is 15.2. The molecule has 0 unspecified atom stereocenters. The van der Waals surface area contributed by atoms with E-state index < -0.39 is 5.97 Å². The van der Waals surface area contributed by atoms with Crippen LogP contribution in [0.4, 0.5) is 0 Å². The maximum Gasteiger partial charge on any atom is 0.338 e. The van der Waals surface area contributed by atoms with Crippen LogP contribution >= 0.6 is 0 Å². The van der Waals surface area contributed by atoms with Gasteiger partial charge in [0.05, 0.1) is 5.56 Å². The first-order valence-corrected chi connectivity index (χ1v) is 4.96. The molecule has 1 aliphatic rings. The van der Waals surface area contributed by atoms with E-state index in [1.54, 1.807) is 6.07 Å². The van der Waals surface area contributed by atoms with Crippen molar-refractivity contribution in [1.82, 2.24) is 9.88 Å². The average molecular weight is 217 g/mol. The Morgan fingerprint density at radius 3 is 3.06 bits per heavy atom. The Kier molecular flexibility index (Phi) is 2.59. The average Bonchev–Trinajstić information content (AvgIpc) is 2.27. The fourth-order valence-corrected chi connectivity index (χ4v) is 1.86. The predicted molar refractivity (Wildman–Crippen MR) is 55.9 cm³/mol. The first kappa shape index (κ1) is 10.6. The van der Waals surface area contributed by atoms with E-state index >= 15 is 0 Å². The second-order valence-electron chi connectivity index (χ2n) is 3.90. The van der Waals surface area contributed by atoms with Crippen molar-refractivity contribution in [3.63, 3.8) is 0 Å². The van der Waals surface area contributed by atoms with Gasteiger partial charge >= 0.3 is 5.97 Å². The number of hydrogen-bond acceptors (Lipinski definition) is 4. The van der Waals surface area contributed by atoms with Crippen LogP contribution in [0.25, 0.3) is 0 Å². The van der Waals surface area contributed by atoms with Crippen molar-refractivity contribution in [2.24, 2.45) is 0 Å². The maximum absolute atomic E-state index is 10.9. The van der Waals surface area contributed by atoms with Gasteiger partial charge in [-0.15, -0.1) is 0 Å². The van der Waals surface area contributed by atoms with Crippen molar-refractivity contribution in [2.45, 2.75) is 13.0 Å². The van der Waals surface area contributed by atoms with Crippen LogP contribution in [0.3, 0.4) is 0 Å². The van der Waals surface area contributed by atoms with Gasteiger partial charge in [-0.1, -0.05) is 0 Å². The largest absolute Gasteiger partial charge is 0.478 e. The van der Waals surface area contributed by atoms with Crippen molar-refractivity contribution in [2.75, 3.05) is 13.6 Å². The molecule has 0 bridgehead atoms. The van der Waals surface area contributed by atoms with Crippen molar-refractivity contribution < 1.29 is 9.90 Å². The van der Waals surface area contributed by atoms with E-state index in [9.17, 15) is 4.79 Å². The van der Waals surface area contributed by atoms with Crippen LogP contribution in [-0.2, 0) is 13.0 Å². The van der Waals surface area contributed by atoms with Gasteiger partial charge in [0.25, 0.3) is 0 Å². The number of rotatable bonds is 1. The quantitative estimate of drug-likeness (QED) is 0.746.